The lowest BCUT2D eigenvalue weighted by Gasteiger charge is -2.19. The quantitative estimate of drug-likeness (QED) is 0.494. The Kier molecular flexibility index (Phi) is 5.92. The second kappa shape index (κ2) is 8.19. The summed E-state index contributed by atoms with van der Waals surface area (Å²) in [6.07, 6.45) is 1.57. The molecule has 0 bridgehead atoms. The van der Waals surface area contributed by atoms with Gasteiger partial charge in [-0.05, 0) is 41.5 Å². The molecule has 0 spiro atoms. The van der Waals surface area contributed by atoms with Crippen molar-refractivity contribution in [2.75, 3.05) is 0 Å². The first-order chi connectivity index (χ1) is 12.8. The number of hydrogen-bond donors (Lipinski definition) is 0. The maximum Gasteiger partial charge on any atom is 0.250 e. The molecule has 0 aliphatic carbocycles. The monoisotopic (exact) mass is 447 g/mol. The smallest absolute Gasteiger partial charge is 0.250 e. The number of pyridine rings is 1. The van der Waals surface area contributed by atoms with Crippen LogP contribution in [-0.4, -0.2) is 10.4 Å². The number of halogens is 3. The van der Waals surface area contributed by atoms with Crippen molar-refractivity contribution in [3.63, 3.8) is 0 Å². The van der Waals surface area contributed by atoms with Gasteiger partial charge in [-0.2, -0.15) is 0 Å². The number of Topliss-reactive ketones (excluding diaryl/α,β-unsaturated/α-hetero) is 1. The van der Waals surface area contributed by atoms with Crippen molar-refractivity contribution < 1.29 is 9.18 Å². The number of rotatable bonds is 5. The van der Waals surface area contributed by atoms with Crippen LogP contribution in [0.25, 0.3) is 0 Å². The van der Waals surface area contributed by atoms with Crippen LogP contribution in [0.2, 0.25) is 5.02 Å². The molecule has 0 amide bonds. The van der Waals surface area contributed by atoms with E-state index in [-0.39, 0.29) is 17.8 Å². The van der Waals surface area contributed by atoms with Crippen LogP contribution in [-0.2, 0) is 7.05 Å². The largest absolute Gasteiger partial charge is 0.318 e. The summed E-state index contributed by atoms with van der Waals surface area (Å²) in [5.41, 5.74) is 1.44. The topological polar surface area (TPSA) is 39.1 Å². The van der Waals surface area contributed by atoms with Crippen LogP contribution in [0, 0.1) is 5.82 Å². The average molecular weight is 449 g/mol. The van der Waals surface area contributed by atoms with Gasteiger partial charge in [0.2, 0.25) is 5.56 Å². The van der Waals surface area contributed by atoms with Gasteiger partial charge in [0.15, 0.2) is 5.78 Å². The van der Waals surface area contributed by atoms with Crippen molar-refractivity contribution in [1.82, 2.24) is 4.57 Å². The summed E-state index contributed by atoms with van der Waals surface area (Å²) >= 11 is 9.26. The number of benzene rings is 2. The molecule has 27 heavy (non-hydrogen) atoms. The van der Waals surface area contributed by atoms with E-state index in [2.05, 4.69) is 15.9 Å². The predicted molar refractivity (Wildman–Crippen MR) is 108 cm³/mol. The molecule has 0 saturated carbocycles. The van der Waals surface area contributed by atoms with E-state index in [1.165, 1.54) is 29.0 Å². The second-order valence-corrected chi connectivity index (χ2v) is 7.62. The maximum absolute atomic E-state index is 14.6. The molecule has 0 aliphatic heterocycles. The highest BCUT2D eigenvalue weighted by Crippen LogP contribution is 2.33. The summed E-state index contributed by atoms with van der Waals surface area (Å²) in [4.78, 5) is 24.4. The molecule has 0 radical (unpaired) electrons. The Bertz CT molecular complexity index is 1050. The number of carbonyl (C=O) groups excluding carboxylic acids is 1. The van der Waals surface area contributed by atoms with Gasteiger partial charge in [0.05, 0.1) is 0 Å². The molecule has 0 saturated heterocycles. The van der Waals surface area contributed by atoms with Gasteiger partial charge >= 0.3 is 0 Å². The molecule has 1 aromatic heterocycles. The Hall–Kier alpha value is -2.24. The summed E-state index contributed by atoms with van der Waals surface area (Å²) in [5.74, 6) is -1.10. The summed E-state index contributed by atoms with van der Waals surface area (Å²) < 4.78 is 16.8. The fraction of sp³-hybridized carbons (Fsp3) is 0.143. The molecule has 0 aliphatic rings. The van der Waals surface area contributed by atoms with Crippen molar-refractivity contribution in [2.45, 2.75) is 12.3 Å². The Labute approximate surface area is 169 Å². The SMILES string of the molecule is Cn1cc(C(=O)CC(c2ccc(Br)cc2)c2ccc(Cl)cc2F)ccc1=O. The zero-order valence-electron chi connectivity index (χ0n) is 14.5. The van der Waals surface area contributed by atoms with Crippen LogP contribution >= 0.6 is 27.5 Å². The van der Waals surface area contributed by atoms with E-state index in [4.69, 9.17) is 11.6 Å². The summed E-state index contributed by atoms with van der Waals surface area (Å²) in [6.45, 7) is 0. The van der Waals surface area contributed by atoms with E-state index in [1.807, 2.05) is 24.3 Å². The van der Waals surface area contributed by atoms with E-state index in [0.717, 1.165) is 10.0 Å². The van der Waals surface area contributed by atoms with Crippen molar-refractivity contribution in [2.24, 2.45) is 7.05 Å². The molecule has 3 aromatic rings. The Morgan fingerprint density at radius 2 is 1.85 bits per heavy atom. The third-order valence-electron chi connectivity index (χ3n) is 4.41. The van der Waals surface area contributed by atoms with Gasteiger partial charge in [0.25, 0.3) is 0 Å². The number of aromatic nitrogens is 1. The van der Waals surface area contributed by atoms with E-state index >= 15 is 0 Å². The third kappa shape index (κ3) is 4.54. The average Bonchev–Trinajstić information content (AvgIpc) is 2.63. The van der Waals surface area contributed by atoms with Crippen LogP contribution < -0.4 is 5.56 Å². The van der Waals surface area contributed by atoms with Gasteiger partial charge in [0.1, 0.15) is 5.82 Å². The zero-order valence-corrected chi connectivity index (χ0v) is 16.8. The van der Waals surface area contributed by atoms with E-state index in [0.29, 0.717) is 16.1 Å². The lowest BCUT2D eigenvalue weighted by Crippen LogP contribution is -2.18. The number of carbonyl (C=O) groups is 1. The van der Waals surface area contributed by atoms with Crippen LogP contribution in [0.4, 0.5) is 4.39 Å². The van der Waals surface area contributed by atoms with Gasteiger partial charge in [0, 0.05) is 46.7 Å². The highest BCUT2D eigenvalue weighted by atomic mass is 79.9. The predicted octanol–water partition coefficient (Wildman–Crippen LogP) is 5.35. The lowest BCUT2D eigenvalue weighted by molar-refractivity contribution is 0.0976. The van der Waals surface area contributed by atoms with Crippen molar-refractivity contribution in [3.05, 3.63) is 103 Å². The van der Waals surface area contributed by atoms with Crippen molar-refractivity contribution in [1.29, 1.82) is 0 Å². The molecular weight excluding hydrogens is 433 g/mol. The number of hydrogen-bond acceptors (Lipinski definition) is 2. The first-order valence-corrected chi connectivity index (χ1v) is 9.42. The van der Waals surface area contributed by atoms with Gasteiger partial charge in [-0.25, -0.2) is 4.39 Å². The molecule has 3 rings (SSSR count). The van der Waals surface area contributed by atoms with Crippen LogP contribution in [0.15, 0.2) is 70.1 Å². The molecule has 138 valence electrons. The molecule has 1 unspecified atom stereocenters. The van der Waals surface area contributed by atoms with E-state index < -0.39 is 11.7 Å². The summed E-state index contributed by atoms with van der Waals surface area (Å²) in [6, 6.07) is 14.7. The number of ketones is 1. The number of aryl methyl sites for hydroxylation is 1. The standard InChI is InChI=1S/C21H16BrClFNO2/c1-25-12-14(4-9-21(25)27)20(26)11-18(13-2-5-15(22)6-3-13)17-8-7-16(23)10-19(17)24/h2-10,12,18H,11H2,1H3. The van der Waals surface area contributed by atoms with Crippen molar-refractivity contribution in [3.8, 4) is 0 Å². The minimum atomic E-state index is -0.472. The molecular formula is C21H16BrClFNO2. The van der Waals surface area contributed by atoms with Crippen molar-refractivity contribution >= 4 is 33.3 Å². The summed E-state index contributed by atoms with van der Waals surface area (Å²) in [5, 5.41) is 0.301. The van der Waals surface area contributed by atoms with E-state index in [1.54, 1.807) is 19.2 Å². The normalized spacial score (nSPS) is 12.0. The highest BCUT2D eigenvalue weighted by Gasteiger charge is 2.22. The van der Waals surface area contributed by atoms with E-state index in [9.17, 15) is 14.0 Å². The van der Waals surface area contributed by atoms with Crippen LogP contribution in [0.1, 0.15) is 33.8 Å². The van der Waals surface area contributed by atoms with Crippen LogP contribution in [0.5, 0.6) is 0 Å². The fourth-order valence-corrected chi connectivity index (χ4v) is 3.37. The Morgan fingerprint density at radius 3 is 2.48 bits per heavy atom. The Balaban J connectivity index is 2.01. The minimum absolute atomic E-state index is 0.0678. The molecule has 0 fully saturated rings. The minimum Gasteiger partial charge on any atom is -0.318 e. The first kappa shape index (κ1) is 19.5. The van der Waals surface area contributed by atoms with Gasteiger partial charge < -0.3 is 4.57 Å². The van der Waals surface area contributed by atoms with Gasteiger partial charge in [-0.15, -0.1) is 0 Å². The van der Waals surface area contributed by atoms with Gasteiger partial charge in [-0.3, -0.25) is 9.59 Å². The number of nitrogens with zero attached hydrogens (tertiary/aromatic N) is 1. The summed E-state index contributed by atoms with van der Waals surface area (Å²) in [7, 11) is 1.59. The first-order valence-electron chi connectivity index (χ1n) is 8.25. The second-order valence-electron chi connectivity index (χ2n) is 6.26. The third-order valence-corrected chi connectivity index (χ3v) is 5.17. The molecule has 3 nitrogen and oxygen atoms in total. The zero-order chi connectivity index (χ0) is 19.6. The molecule has 0 N–H and O–H groups in total. The molecule has 6 heteroatoms. The lowest BCUT2D eigenvalue weighted by atomic mass is 9.85. The molecule has 1 heterocycles. The maximum atomic E-state index is 14.6. The molecule has 2 aromatic carbocycles. The van der Waals surface area contributed by atoms with Crippen LogP contribution in [0.3, 0.4) is 0 Å². The highest BCUT2D eigenvalue weighted by molar-refractivity contribution is 9.10. The molecule has 1 atom stereocenters. The van der Waals surface area contributed by atoms with Gasteiger partial charge in [-0.1, -0.05) is 45.7 Å². The fourth-order valence-electron chi connectivity index (χ4n) is 2.95. The Morgan fingerprint density at radius 1 is 1.15 bits per heavy atom.